The molecule has 1 N–H and O–H groups in total. The highest BCUT2D eigenvalue weighted by Crippen LogP contribution is 2.18. The summed E-state index contributed by atoms with van der Waals surface area (Å²) in [5.74, 6) is -0.529. The minimum atomic E-state index is -0.850. The lowest BCUT2D eigenvalue weighted by Gasteiger charge is -2.31. The van der Waals surface area contributed by atoms with Crippen molar-refractivity contribution in [1.82, 2.24) is 10.2 Å². The number of hydrogen-bond acceptors (Lipinski definition) is 3. The van der Waals surface area contributed by atoms with Gasteiger partial charge in [-0.2, -0.15) is 0 Å². The lowest BCUT2D eigenvalue weighted by Crippen LogP contribution is -2.51. The van der Waals surface area contributed by atoms with Crippen molar-refractivity contribution in [1.29, 1.82) is 0 Å². The summed E-state index contributed by atoms with van der Waals surface area (Å²) in [5.41, 5.74) is 2.35. The molecule has 4 rings (SSSR count). The van der Waals surface area contributed by atoms with Crippen LogP contribution in [0.3, 0.4) is 0 Å². The van der Waals surface area contributed by atoms with Crippen LogP contribution in [0, 0.1) is 5.82 Å². The number of halogens is 2. The molecule has 0 aliphatic carbocycles. The lowest BCUT2D eigenvalue weighted by atomic mass is 10.0. The van der Waals surface area contributed by atoms with Crippen molar-refractivity contribution in [2.75, 3.05) is 6.61 Å². The Morgan fingerprint density at radius 3 is 2.13 bits per heavy atom. The van der Waals surface area contributed by atoms with Gasteiger partial charge in [0.15, 0.2) is 6.61 Å². The molecule has 0 fully saturated rings. The van der Waals surface area contributed by atoms with Gasteiger partial charge in [0.1, 0.15) is 17.6 Å². The summed E-state index contributed by atoms with van der Waals surface area (Å²) < 4.78 is 19.3. The number of para-hydroxylation sites is 1. The number of nitrogens with one attached hydrogen (secondary N) is 1. The van der Waals surface area contributed by atoms with E-state index >= 15 is 0 Å². The van der Waals surface area contributed by atoms with E-state index in [9.17, 15) is 14.0 Å². The largest absolute Gasteiger partial charge is 0.484 e. The summed E-state index contributed by atoms with van der Waals surface area (Å²) in [6.45, 7) is 0.0610. The molecule has 4 aromatic rings. The lowest BCUT2D eigenvalue weighted by molar-refractivity contribution is -0.142. The molecule has 0 aromatic heterocycles. The Bertz CT molecular complexity index is 1330. The first-order valence-corrected chi connectivity index (χ1v) is 12.6. The Labute approximate surface area is 226 Å². The van der Waals surface area contributed by atoms with Crippen molar-refractivity contribution in [2.24, 2.45) is 0 Å². The van der Waals surface area contributed by atoms with Gasteiger partial charge >= 0.3 is 0 Å². The van der Waals surface area contributed by atoms with E-state index in [0.29, 0.717) is 16.3 Å². The summed E-state index contributed by atoms with van der Waals surface area (Å²) in [4.78, 5) is 28.7. The Morgan fingerprint density at radius 2 is 1.45 bits per heavy atom. The Morgan fingerprint density at radius 1 is 0.816 bits per heavy atom. The van der Waals surface area contributed by atoms with Crippen molar-refractivity contribution in [3.8, 4) is 5.75 Å². The molecule has 0 spiro atoms. The molecule has 0 aliphatic rings. The van der Waals surface area contributed by atoms with E-state index in [1.54, 1.807) is 30.3 Å². The van der Waals surface area contributed by atoms with E-state index in [2.05, 4.69) is 5.32 Å². The standard InChI is InChI=1S/C31H28ClFN2O3/c32-28-14-8-7-11-25(28)20-34-31(37)29(19-23-9-3-1-4-10-23)35(21-24-15-17-26(33)18-16-24)30(36)22-38-27-12-5-2-6-13-27/h1-18,29H,19-22H2,(H,34,37). The molecule has 1 unspecified atom stereocenters. The molecule has 0 bridgehead atoms. The van der Waals surface area contributed by atoms with Crippen LogP contribution in [-0.4, -0.2) is 29.4 Å². The molecule has 194 valence electrons. The summed E-state index contributed by atoms with van der Waals surface area (Å²) in [6.07, 6.45) is 0.285. The van der Waals surface area contributed by atoms with Gasteiger partial charge in [-0.05, 0) is 47.0 Å². The molecule has 38 heavy (non-hydrogen) atoms. The van der Waals surface area contributed by atoms with Crippen molar-refractivity contribution in [2.45, 2.75) is 25.6 Å². The summed E-state index contributed by atoms with van der Waals surface area (Å²) in [6, 6.07) is 30.8. The first kappa shape index (κ1) is 26.9. The zero-order valence-electron chi connectivity index (χ0n) is 20.7. The molecule has 0 saturated carbocycles. The van der Waals surface area contributed by atoms with Crippen molar-refractivity contribution in [3.63, 3.8) is 0 Å². The fraction of sp³-hybridized carbons (Fsp3) is 0.161. The molecule has 1 atom stereocenters. The van der Waals surface area contributed by atoms with Gasteiger partial charge in [-0.15, -0.1) is 0 Å². The number of benzene rings is 4. The third-order valence-electron chi connectivity index (χ3n) is 6.05. The van der Waals surface area contributed by atoms with Crippen LogP contribution in [0.4, 0.5) is 4.39 Å². The number of ether oxygens (including phenoxy) is 1. The zero-order chi connectivity index (χ0) is 26.7. The predicted octanol–water partition coefficient (Wildman–Crippen LogP) is 5.81. The molecule has 4 aromatic carbocycles. The zero-order valence-corrected chi connectivity index (χ0v) is 21.5. The molecular formula is C31H28ClFN2O3. The van der Waals surface area contributed by atoms with Crippen LogP contribution in [0.15, 0.2) is 109 Å². The number of nitrogens with zero attached hydrogens (tertiary/aromatic N) is 1. The quantitative estimate of drug-likeness (QED) is 0.266. The number of amides is 2. The molecular weight excluding hydrogens is 503 g/mol. The number of hydrogen-bond donors (Lipinski definition) is 1. The van der Waals surface area contributed by atoms with E-state index < -0.39 is 6.04 Å². The van der Waals surface area contributed by atoms with Gasteiger partial charge < -0.3 is 15.0 Å². The van der Waals surface area contributed by atoms with Gasteiger partial charge in [0.05, 0.1) is 0 Å². The second-order valence-corrected chi connectivity index (χ2v) is 9.17. The highest BCUT2D eigenvalue weighted by molar-refractivity contribution is 6.31. The Balaban J connectivity index is 1.61. The number of carbonyl (C=O) groups is 2. The maximum atomic E-state index is 13.6. The summed E-state index contributed by atoms with van der Waals surface area (Å²) in [5, 5.41) is 3.49. The van der Waals surface area contributed by atoms with Gasteiger partial charge in [-0.25, -0.2) is 4.39 Å². The first-order chi connectivity index (χ1) is 18.5. The van der Waals surface area contributed by atoms with Gasteiger partial charge in [0.2, 0.25) is 5.91 Å². The molecule has 0 saturated heterocycles. The first-order valence-electron chi connectivity index (χ1n) is 12.3. The van der Waals surface area contributed by atoms with Crippen molar-refractivity contribution >= 4 is 23.4 Å². The monoisotopic (exact) mass is 530 g/mol. The van der Waals surface area contributed by atoms with E-state index in [1.165, 1.54) is 17.0 Å². The number of rotatable bonds is 11. The predicted molar refractivity (Wildman–Crippen MR) is 146 cm³/mol. The third-order valence-corrected chi connectivity index (χ3v) is 6.42. The fourth-order valence-electron chi connectivity index (χ4n) is 4.03. The fourth-order valence-corrected chi connectivity index (χ4v) is 4.23. The maximum Gasteiger partial charge on any atom is 0.261 e. The molecule has 0 heterocycles. The summed E-state index contributed by atoms with van der Waals surface area (Å²) >= 11 is 6.29. The van der Waals surface area contributed by atoms with Crippen LogP contribution < -0.4 is 10.1 Å². The van der Waals surface area contributed by atoms with Crippen LogP contribution in [0.1, 0.15) is 16.7 Å². The maximum absolute atomic E-state index is 13.6. The average molecular weight is 531 g/mol. The van der Waals surface area contributed by atoms with E-state index in [0.717, 1.165) is 11.1 Å². The highest BCUT2D eigenvalue weighted by Gasteiger charge is 2.30. The van der Waals surface area contributed by atoms with E-state index in [4.69, 9.17) is 16.3 Å². The summed E-state index contributed by atoms with van der Waals surface area (Å²) in [7, 11) is 0. The van der Waals surface area contributed by atoms with Crippen LogP contribution >= 0.6 is 11.6 Å². The average Bonchev–Trinajstić information content (AvgIpc) is 2.95. The smallest absolute Gasteiger partial charge is 0.261 e. The van der Waals surface area contributed by atoms with Crippen LogP contribution in [-0.2, 0) is 29.1 Å². The van der Waals surface area contributed by atoms with Crippen molar-refractivity contribution < 1.29 is 18.7 Å². The minimum Gasteiger partial charge on any atom is -0.484 e. The van der Waals surface area contributed by atoms with E-state index in [-0.39, 0.29) is 43.7 Å². The molecule has 0 radical (unpaired) electrons. The minimum absolute atomic E-state index is 0.105. The van der Waals surface area contributed by atoms with Gasteiger partial charge in [-0.1, -0.05) is 90.5 Å². The third kappa shape index (κ3) is 7.67. The second-order valence-electron chi connectivity index (χ2n) is 8.76. The van der Waals surface area contributed by atoms with Gasteiger partial charge in [0.25, 0.3) is 5.91 Å². The van der Waals surface area contributed by atoms with Crippen LogP contribution in [0.25, 0.3) is 0 Å². The topological polar surface area (TPSA) is 58.6 Å². The molecule has 5 nitrogen and oxygen atoms in total. The SMILES string of the molecule is O=C(NCc1ccccc1Cl)C(Cc1ccccc1)N(Cc1ccc(F)cc1)C(=O)COc1ccccc1. The number of carbonyl (C=O) groups excluding carboxylic acids is 2. The van der Waals surface area contributed by atoms with E-state index in [1.807, 2.05) is 66.7 Å². The molecule has 7 heteroatoms. The van der Waals surface area contributed by atoms with Gasteiger partial charge in [0, 0.05) is 24.5 Å². The normalized spacial score (nSPS) is 11.4. The van der Waals surface area contributed by atoms with Crippen LogP contribution in [0.5, 0.6) is 5.75 Å². The highest BCUT2D eigenvalue weighted by atomic mass is 35.5. The van der Waals surface area contributed by atoms with Crippen molar-refractivity contribution in [3.05, 3.63) is 137 Å². The molecule has 2 amide bonds. The Kier molecular flexibility index (Phi) is 9.48. The van der Waals surface area contributed by atoms with Gasteiger partial charge in [-0.3, -0.25) is 9.59 Å². The second kappa shape index (κ2) is 13.4. The van der Waals surface area contributed by atoms with Crippen LogP contribution in [0.2, 0.25) is 5.02 Å². The molecule has 0 aliphatic heterocycles. The Hall–Kier alpha value is -4.16.